The number of aromatic hydroxyl groups is 2. The highest BCUT2D eigenvalue weighted by Gasteiger charge is 2.27. The van der Waals surface area contributed by atoms with Crippen LogP contribution < -0.4 is 0 Å². The molecular weight excluding hydrogens is 272 g/mol. The quantitative estimate of drug-likeness (QED) is 0.616. The number of thioether (sulfide) groups is 1. The van der Waals surface area contributed by atoms with E-state index < -0.39 is 0 Å². The summed E-state index contributed by atoms with van der Waals surface area (Å²) in [7, 11) is 0. The Balaban J connectivity index is 0.000000247. The maximum atomic E-state index is 11.2. The first kappa shape index (κ1) is 14.7. The SMILES string of the molecule is CC(=O)c1ccc2cccc(O)c2c1O.CC1SC1C. The highest BCUT2D eigenvalue weighted by atomic mass is 32.2. The number of ketones is 1. The van der Waals surface area contributed by atoms with Crippen LogP contribution in [0.3, 0.4) is 0 Å². The molecule has 2 aromatic rings. The molecule has 0 radical (unpaired) electrons. The lowest BCUT2D eigenvalue weighted by Gasteiger charge is -2.06. The van der Waals surface area contributed by atoms with E-state index in [1.807, 2.05) is 11.8 Å². The largest absolute Gasteiger partial charge is 0.507 e. The van der Waals surface area contributed by atoms with E-state index in [2.05, 4.69) is 13.8 Å². The number of phenols is 2. The molecule has 1 saturated heterocycles. The van der Waals surface area contributed by atoms with Gasteiger partial charge in [-0.05, 0) is 24.4 Å². The summed E-state index contributed by atoms with van der Waals surface area (Å²) < 4.78 is 0. The second-order valence-corrected chi connectivity index (χ2v) is 6.70. The van der Waals surface area contributed by atoms with Crippen molar-refractivity contribution in [2.24, 2.45) is 0 Å². The molecule has 2 unspecified atom stereocenters. The number of rotatable bonds is 1. The van der Waals surface area contributed by atoms with Crippen LogP contribution in [0.25, 0.3) is 10.8 Å². The standard InChI is InChI=1S/C12H10O3.C4H8S/c1-7(13)9-6-5-8-3-2-4-10(14)11(8)12(9)15;1-3-4(2)5-3/h2-6,14-15H,1H3;3-4H,1-2H3. The van der Waals surface area contributed by atoms with E-state index in [4.69, 9.17) is 0 Å². The van der Waals surface area contributed by atoms with Crippen LogP contribution in [0.4, 0.5) is 0 Å². The van der Waals surface area contributed by atoms with Crippen molar-refractivity contribution in [2.75, 3.05) is 0 Å². The number of carbonyl (C=O) groups excluding carboxylic acids is 1. The fraction of sp³-hybridized carbons (Fsp3) is 0.312. The van der Waals surface area contributed by atoms with Gasteiger partial charge in [-0.1, -0.05) is 32.0 Å². The Morgan fingerprint density at radius 3 is 2.20 bits per heavy atom. The molecule has 3 nitrogen and oxygen atoms in total. The minimum Gasteiger partial charge on any atom is -0.507 e. The van der Waals surface area contributed by atoms with Gasteiger partial charge in [-0.2, -0.15) is 11.8 Å². The molecule has 3 rings (SSSR count). The minimum absolute atomic E-state index is 0.0203. The number of Topliss-reactive ketones (excluding diaryl/α,β-unsaturated/α-hetero) is 1. The van der Waals surface area contributed by atoms with Gasteiger partial charge in [0.1, 0.15) is 11.5 Å². The molecule has 20 heavy (non-hydrogen) atoms. The van der Waals surface area contributed by atoms with E-state index in [0.29, 0.717) is 10.8 Å². The maximum Gasteiger partial charge on any atom is 0.163 e. The van der Waals surface area contributed by atoms with Gasteiger partial charge in [0.25, 0.3) is 0 Å². The Morgan fingerprint density at radius 1 is 1.10 bits per heavy atom. The van der Waals surface area contributed by atoms with Crippen LogP contribution >= 0.6 is 11.8 Å². The van der Waals surface area contributed by atoms with Crippen molar-refractivity contribution in [3.63, 3.8) is 0 Å². The van der Waals surface area contributed by atoms with E-state index in [9.17, 15) is 15.0 Å². The topological polar surface area (TPSA) is 57.5 Å². The van der Waals surface area contributed by atoms with Crippen molar-refractivity contribution in [1.82, 2.24) is 0 Å². The third kappa shape index (κ3) is 3.07. The number of hydrogen-bond donors (Lipinski definition) is 2. The Kier molecular flexibility index (Phi) is 4.23. The summed E-state index contributed by atoms with van der Waals surface area (Å²) in [6.07, 6.45) is 0. The van der Waals surface area contributed by atoms with Gasteiger partial charge in [0.05, 0.1) is 10.9 Å². The summed E-state index contributed by atoms with van der Waals surface area (Å²) in [5, 5.41) is 22.4. The molecule has 0 bridgehead atoms. The molecule has 2 atom stereocenters. The normalized spacial score (nSPS) is 20.1. The summed E-state index contributed by atoms with van der Waals surface area (Å²) in [6.45, 7) is 5.89. The van der Waals surface area contributed by atoms with Crippen LogP contribution in [0.15, 0.2) is 30.3 Å². The fourth-order valence-corrected chi connectivity index (χ4v) is 2.50. The Bertz CT molecular complexity index is 645. The van der Waals surface area contributed by atoms with Crippen molar-refractivity contribution in [3.8, 4) is 11.5 Å². The zero-order valence-electron chi connectivity index (χ0n) is 11.8. The molecular formula is C16H18O3S. The lowest BCUT2D eigenvalue weighted by molar-refractivity contribution is 0.101. The van der Waals surface area contributed by atoms with Crippen molar-refractivity contribution in [3.05, 3.63) is 35.9 Å². The third-order valence-corrected chi connectivity index (χ3v) is 4.75. The molecule has 1 aliphatic rings. The summed E-state index contributed by atoms with van der Waals surface area (Å²) in [6, 6.07) is 8.18. The maximum absolute atomic E-state index is 11.2. The predicted octanol–water partition coefficient (Wildman–Crippen LogP) is 3.96. The second-order valence-electron chi connectivity index (χ2n) is 4.94. The zero-order valence-corrected chi connectivity index (χ0v) is 12.6. The molecule has 2 aromatic carbocycles. The Labute approximate surface area is 122 Å². The van der Waals surface area contributed by atoms with Gasteiger partial charge in [0.2, 0.25) is 0 Å². The van der Waals surface area contributed by atoms with Gasteiger partial charge < -0.3 is 10.2 Å². The average Bonchev–Trinajstić information content (AvgIpc) is 3.03. The average molecular weight is 290 g/mol. The number of hydrogen-bond acceptors (Lipinski definition) is 4. The monoisotopic (exact) mass is 290 g/mol. The Morgan fingerprint density at radius 2 is 1.70 bits per heavy atom. The van der Waals surface area contributed by atoms with Crippen LogP contribution in [0.5, 0.6) is 11.5 Å². The van der Waals surface area contributed by atoms with Crippen LogP contribution in [-0.4, -0.2) is 26.5 Å². The van der Waals surface area contributed by atoms with Crippen molar-refractivity contribution < 1.29 is 15.0 Å². The lowest BCUT2D eigenvalue weighted by atomic mass is 10.0. The molecule has 0 spiro atoms. The van der Waals surface area contributed by atoms with Gasteiger partial charge >= 0.3 is 0 Å². The molecule has 1 heterocycles. The smallest absolute Gasteiger partial charge is 0.163 e. The van der Waals surface area contributed by atoms with Crippen LogP contribution in [-0.2, 0) is 0 Å². The van der Waals surface area contributed by atoms with Crippen molar-refractivity contribution in [2.45, 2.75) is 31.3 Å². The summed E-state index contributed by atoms with van der Waals surface area (Å²) >= 11 is 2.05. The molecule has 4 heteroatoms. The van der Waals surface area contributed by atoms with Crippen LogP contribution in [0, 0.1) is 0 Å². The molecule has 0 aromatic heterocycles. The van der Waals surface area contributed by atoms with Crippen LogP contribution in [0.2, 0.25) is 0 Å². The minimum atomic E-state index is -0.224. The van der Waals surface area contributed by atoms with E-state index in [-0.39, 0.29) is 22.8 Å². The second kappa shape index (κ2) is 5.75. The highest BCUT2D eigenvalue weighted by molar-refractivity contribution is 8.07. The first-order valence-electron chi connectivity index (χ1n) is 6.52. The van der Waals surface area contributed by atoms with E-state index in [0.717, 1.165) is 10.5 Å². The number of phenolic OH excluding ortho intramolecular Hbond substituents is 2. The lowest BCUT2D eigenvalue weighted by Crippen LogP contribution is -1.92. The molecule has 0 amide bonds. The van der Waals surface area contributed by atoms with Crippen molar-refractivity contribution in [1.29, 1.82) is 0 Å². The third-order valence-electron chi connectivity index (χ3n) is 3.39. The predicted molar refractivity (Wildman–Crippen MR) is 83.8 cm³/mol. The van der Waals surface area contributed by atoms with Gasteiger partial charge in [0, 0.05) is 10.5 Å². The first-order valence-corrected chi connectivity index (χ1v) is 7.46. The molecule has 0 saturated carbocycles. The highest BCUT2D eigenvalue weighted by Crippen LogP contribution is 2.39. The zero-order chi connectivity index (χ0) is 14.9. The summed E-state index contributed by atoms with van der Waals surface area (Å²) in [5.74, 6) is -0.399. The fourth-order valence-electron chi connectivity index (χ4n) is 1.92. The molecule has 1 fully saturated rings. The summed E-state index contributed by atoms with van der Waals surface area (Å²) in [4.78, 5) is 11.2. The summed E-state index contributed by atoms with van der Waals surface area (Å²) in [5.41, 5.74) is 0.226. The van der Waals surface area contributed by atoms with E-state index in [1.54, 1.807) is 24.3 Å². The van der Waals surface area contributed by atoms with Gasteiger partial charge in [0.15, 0.2) is 5.78 Å². The van der Waals surface area contributed by atoms with Gasteiger partial charge in [-0.25, -0.2) is 0 Å². The van der Waals surface area contributed by atoms with E-state index >= 15 is 0 Å². The number of benzene rings is 2. The number of carbonyl (C=O) groups is 1. The Hall–Kier alpha value is -1.68. The molecule has 1 aliphatic heterocycles. The van der Waals surface area contributed by atoms with Gasteiger partial charge in [-0.3, -0.25) is 4.79 Å². The van der Waals surface area contributed by atoms with Crippen molar-refractivity contribution >= 4 is 28.3 Å². The molecule has 2 N–H and O–H groups in total. The molecule has 106 valence electrons. The van der Waals surface area contributed by atoms with E-state index in [1.165, 1.54) is 13.0 Å². The first-order chi connectivity index (χ1) is 9.41. The van der Waals surface area contributed by atoms with Crippen LogP contribution in [0.1, 0.15) is 31.1 Å². The number of fused-ring (bicyclic) bond motifs is 1. The van der Waals surface area contributed by atoms with Gasteiger partial charge in [-0.15, -0.1) is 0 Å². The molecule has 0 aliphatic carbocycles.